The Kier molecular flexibility index (Phi) is 18.8. The molecule has 2 atom stereocenters. The van der Waals surface area contributed by atoms with Gasteiger partial charge in [0.05, 0.1) is 0 Å². The van der Waals surface area contributed by atoms with Crippen LogP contribution in [-0.4, -0.2) is 9.52 Å². The van der Waals surface area contributed by atoms with Gasteiger partial charge in [0.2, 0.25) is 0 Å². The number of hydrogen-bond acceptors (Lipinski definition) is 0. The van der Waals surface area contributed by atoms with E-state index in [1.807, 2.05) is 0 Å². The molecule has 0 bridgehead atoms. The summed E-state index contributed by atoms with van der Waals surface area (Å²) in [6, 6.07) is 79.5. The molecule has 0 fully saturated rings. The van der Waals surface area contributed by atoms with Gasteiger partial charge < -0.3 is 0 Å². The van der Waals surface area contributed by atoms with Gasteiger partial charge in [0.15, 0.2) is 0 Å². The van der Waals surface area contributed by atoms with Gasteiger partial charge in [0.1, 0.15) is 0 Å². The summed E-state index contributed by atoms with van der Waals surface area (Å²) in [5, 5.41) is 5.35. The zero-order chi connectivity index (χ0) is 47.8. The maximum atomic E-state index is 4.93. The summed E-state index contributed by atoms with van der Waals surface area (Å²) < 4.78 is 0. The molecular formula is C64H60Cl2SiZr. The van der Waals surface area contributed by atoms with E-state index < -0.39 is 20.8 Å². The van der Waals surface area contributed by atoms with E-state index in [-0.39, 0.29) is 0 Å². The number of rotatable bonds is 10. The molecule has 0 spiro atoms. The molecule has 4 heteroatoms. The minimum atomic E-state index is -0.826. The Bertz CT molecular complexity index is 2890. The molecular weight excluding hydrogens is 959 g/mol. The summed E-state index contributed by atoms with van der Waals surface area (Å²) in [6.07, 6.45) is 2.30. The average Bonchev–Trinajstić information content (AvgIpc) is 4.05. The van der Waals surface area contributed by atoms with Crippen molar-refractivity contribution in [3.05, 3.63) is 230 Å². The SMILES string of the molecule is CCC(C)c1cc2c(-c3ccccc3-c3ccccc3)c(-c3ccccc3)ccc2[cH-]1.CCC(C)c1cc2c(-c3ccccc3-c3ccccc3)c(-c3ccccc3)ccc2[cH-]1.C[Si]C.[Cl][Zr+2][Cl]. The van der Waals surface area contributed by atoms with Gasteiger partial charge >= 0.3 is 37.9 Å². The molecule has 0 aliphatic rings. The molecule has 10 rings (SSSR count). The first kappa shape index (κ1) is 50.5. The minimum absolute atomic E-state index is 0.560. The van der Waals surface area contributed by atoms with Crippen LogP contribution in [0.3, 0.4) is 0 Å². The van der Waals surface area contributed by atoms with Crippen LogP contribution in [0, 0.1) is 0 Å². The van der Waals surface area contributed by atoms with Gasteiger partial charge in [0, 0.05) is 9.52 Å². The third-order valence-electron chi connectivity index (χ3n) is 12.9. The quantitative estimate of drug-likeness (QED) is 0.0946. The number of benzene rings is 8. The van der Waals surface area contributed by atoms with E-state index in [9.17, 15) is 0 Å². The number of hydrogen-bond donors (Lipinski definition) is 0. The fourth-order valence-electron chi connectivity index (χ4n) is 9.09. The number of fused-ring (bicyclic) bond motifs is 2. The summed E-state index contributed by atoms with van der Waals surface area (Å²) >= 11 is -0.826. The van der Waals surface area contributed by atoms with Crippen LogP contribution in [0.1, 0.15) is 63.5 Å². The third kappa shape index (κ3) is 11.9. The topological polar surface area (TPSA) is 0 Å². The van der Waals surface area contributed by atoms with Gasteiger partial charge in [-0.2, -0.15) is 12.1 Å². The monoisotopic (exact) mass is 1020 g/mol. The summed E-state index contributed by atoms with van der Waals surface area (Å²) in [4.78, 5) is 0. The van der Waals surface area contributed by atoms with Crippen molar-refractivity contribution in [2.24, 2.45) is 0 Å². The number of halogens is 2. The predicted molar refractivity (Wildman–Crippen MR) is 298 cm³/mol. The Morgan fingerprint density at radius 1 is 0.397 bits per heavy atom. The zero-order valence-corrected chi connectivity index (χ0v) is 45.1. The molecule has 2 radical (unpaired) electrons. The van der Waals surface area contributed by atoms with E-state index >= 15 is 0 Å². The van der Waals surface area contributed by atoms with Crippen molar-refractivity contribution in [3.8, 4) is 66.8 Å². The van der Waals surface area contributed by atoms with E-state index in [1.165, 1.54) is 99.4 Å². The Labute approximate surface area is 427 Å². The van der Waals surface area contributed by atoms with E-state index in [0.29, 0.717) is 11.8 Å². The van der Waals surface area contributed by atoms with Crippen LogP contribution in [0.4, 0.5) is 0 Å². The average molecular weight is 1020 g/mol. The van der Waals surface area contributed by atoms with Crippen molar-refractivity contribution < 1.29 is 20.8 Å². The van der Waals surface area contributed by atoms with Crippen molar-refractivity contribution in [2.45, 2.75) is 65.5 Å². The van der Waals surface area contributed by atoms with Crippen LogP contribution < -0.4 is 0 Å². The molecule has 0 saturated carbocycles. The molecule has 0 aromatic heterocycles. The molecule has 68 heavy (non-hydrogen) atoms. The van der Waals surface area contributed by atoms with Crippen LogP contribution in [0.5, 0.6) is 0 Å². The Balaban J connectivity index is 0.000000181. The van der Waals surface area contributed by atoms with E-state index in [1.54, 1.807) is 0 Å². The molecule has 0 amide bonds. The molecule has 338 valence electrons. The van der Waals surface area contributed by atoms with Gasteiger partial charge in [-0.05, 0) is 67.5 Å². The Morgan fingerprint density at radius 3 is 0.956 bits per heavy atom. The van der Waals surface area contributed by atoms with E-state index in [2.05, 4.69) is 259 Å². The van der Waals surface area contributed by atoms with Gasteiger partial charge in [-0.25, -0.2) is 0 Å². The van der Waals surface area contributed by atoms with Crippen LogP contribution >= 0.6 is 17.0 Å². The molecule has 10 aromatic carbocycles. The molecule has 0 N–H and O–H groups in total. The molecule has 0 nitrogen and oxygen atoms in total. The fourth-order valence-corrected chi connectivity index (χ4v) is 9.09. The van der Waals surface area contributed by atoms with Gasteiger partial charge in [-0.3, -0.25) is 0 Å². The van der Waals surface area contributed by atoms with E-state index in [4.69, 9.17) is 17.0 Å². The standard InChI is InChI=1S/2C31H27.C2H6Si.2ClH.Zr/c2*1-3-22(2)26-20-25-18-19-28(24-14-8-5-9-15-24)31(30(25)21-26)29-17-11-10-16-27(29)23-12-6-4-7-13-23;1-3-2;;;/h2*4-22H,3H2,1-2H3;1-2H3;2*1H;/q2*-1;;;;+4/p-2. The van der Waals surface area contributed by atoms with Gasteiger partial charge in [-0.1, -0.05) is 247 Å². The first-order chi connectivity index (χ1) is 33.3. The second kappa shape index (κ2) is 25.3. The van der Waals surface area contributed by atoms with E-state index in [0.717, 1.165) is 22.4 Å². The fraction of sp³-hybridized carbons (Fsp3) is 0.156. The van der Waals surface area contributed by atoms with Crippen molar-refractivity contribution in [1.82, 2.24) is 0 Å². The van der Waals surface area contributed by atoms with Crippen molar-refractivity contribution in [1.29, 1.82) is 0 Å². The molecule has 0 heterocycles. The van der Waals surface area contributed by atoms with Crippen molar-refractivity contribution >= 4 is 48.1 Å². The van der Waals surface area contributed by atoms with Crippen LogP contribution in [0.15, 0.2) is 218 Å². The van der Waals surface area contributed by atoms with Crippen LogP contribution in [-0.2, 0) is 20.8 Å². The summed E-state index contributed by atoms with van der Waals surface area (Å²) in [5.74, 6) is 1.12. The molecule has 0 saturated heterocycles. The van der Waals surface area contributed by atoms with Crippen LogP contribution in [0.25, 0.3) is 88.3 Å². The van der Waals surface area contributed by atoms with Gasteiger partial charge in [-0.15, -0.1) is 56.9 Å². The normalized spacial score (nSPS) is 11.5. The Morgan fingerprint density at radius 2 is 0.662 bits per heavy atom. The molecule has 10 aromatic rings. The van der Waals surface area contributed by atoms with Crippen molar-refractivity contribution in [3.63, 3.8) is 0 Å². The predicted octanol–water partition coefficient (Wildman–Crippen LogP) is 20.3. The third-order valence-corrected chi connectivity index (χ3v) is 12.9. The Hall–Kier alpha value is -5.34. The summed E-state index contributed by atoms with van der Waals surface area (Å²) in [5.41, 5.74) is 18.3. The molecule has 0 aliphatic carbocycles. The summed E-state index contributed by atoms with van der Waals surface area (Å²) in [7, 11) is 11.0. The molecule has 0 aliphatic heterocycles. The van der Waals surface area contributed by atoms with Gasteiger partial charge in [0.25, 0.3) is 0 Å². The summed E-state index contributed by atoms with van der Waals surface area (Å²) in [6.45, 7) is 13.5. The first-order valence-corrected chi connectivity index (χ1v) is 32.1. The zero-order valence-electron chi connectivity index (χ0n) is 40.1. The second-order valence-corrected chi connectivity index (χ2v) is 22.0. The second-order valence-electron chi connectivity index (χ2n) is 17.3. The van der Waals surface area contributed by atoms with Crippen molar-refractivity contribution in [2.75, 3.05) is 0 Å². The molecule has 2 unspecified atom stereocenters. The van der Waals surface area contributed by atoms with Crippen LogP contribution in [0.2, 0.25) is 13.1 Å². The maximum absolute atomic E-state index is 4.93. The first-order valence-electron chi connectivity index (χ1n) is 23.8.